The Morgan fingerprint density at radius 2 is 1.26 bits per heavy atom. The zero-order chi connectivity index (χ0) is 19.1. The summed E-state index contributed by atoms with van der Waals surface area (Å²) in [5.74, 6) is 0.600. The van der Waals surface area contributed by atoms with Crippen LogP contribution in [0.1, 0.15) is 35.3 Å². The van der Waals surface area contributed by atoms with E-state index in [0.717, 1.165) is 11.1 Å². The lowest BCUT2D eigenvalue weighted by Gasteiger charge is -2.24. The van der Waals surface area contributed by atoms with Gasteiger partial charge < -0.3 is 9.64 Å². The van der Waals surface area contributed by atoms with Crippen molar-refractivity contribution in [2.24, 2.45) is 0 Å². The quantitative estimate of drug-likeness (QED) is 0.572. The summed E-state index contributed by atoms with van der Waals surface area (Å²) >= 11 is 0. The SMILES string of the molecule is CC(C)Oc1ccccc1C(=O)N(Cc1ccccc1)Cc1ccccc1. The fourth-order valence-corrected chi connectivity index (χ4v) is 2.98. The van der Waals surface area contributed by atoms with Gasteiger partial charge in [0.05, 0.1) is 11.7 Å². The van der Waals surface area contributed by atoms with E-state index in [4.69, 9.17) is 4.74 Å². The van der Waals surface area contributed by atoms with Gasteiger partial charge in [0.2, 0.25) is 0 Å². The van der Waals surface area contributed by atoms with Crippen molar-refractivity contribution in [3.63, 3.8) is 0 Å². The summed E-state index contributed by atoms with van der Waals surface area (Å²) in [5.41, 5.74) is 2.80. The molecular formula is C24H25NO2. The maximum Gasteiger partial charge on any atom is 0.258 e. The van der Waals surface area contributed by atoms with Crippen molar-refractivity contribution in [2.75, 3.05) is 0 Å². The lowest BCUT2D eigenvalue weighted by Crippen LogP contribution is -2.30. The molecule has 3 aromatic rings. The van der Waals surface area contributed by atoms with E-state index in [9.17, 15) is 4.79 Å². The Hall–Kier alpha value is -3.07. The number of hydrogen-bond donors (Lipinski definition) is 0. The molecule has 0 saturated heterocycles. The summed E-state index contributed by atoms with van der Waals surface area (Å²) in [5, 5.41) is 0. The zero-order valence-corrected chi connectivity index (χ0v) is 15.8. The molecule has 0 unspecified atom stereocenters. The molecule has 0 saturated carbocycles. The minimum Gasteiger partial charge on any atom is -0.490 e. The van der Waals surface area contributed by atoms with E-state index in [1.54, 1.807) is 0 Å². The van der Waals surface area contributed by atoms with Crippen molar-refractivity contribution in [1.82, 2.24) is 4.90 Å². The number of nitrogens with zero attached hydrogens (tertiary/aromatic N) is 1. The van der Waals surface area contributed by atoms with Gasteiger partial charge in [0.15, 0.2) is 0 Å². The average Bonchev–Trinajstić information content (AvgIpc) is 2.68. The molecule has 0 fully saturated rings. The number of hydrogen-bond acceptors (Lipinski definition) is 2. The second-order valence-electron chi connectivity index (χ2n) is 6.80. The molecule has 0 aliphatic heterocycles. The van der Waals surface area contributed by atoms with Crippen LogP contribution in [-0.2, 0) is 13.1 Å². The lowest BCUT2D eigenvalue weighted by molar-refractivity contribution is 0.0724. The maximum absolute atomic E-state index is 13.4. The van der Waals surface area contributed by atoms with Crippen LogP contribution in [0.5, 0.6) is 5.75 Å². The molecule has 0 N–H and O–H groups in total. The third-order valence-electron chi connectivity index (χ3n) is 4.20. The van der Waals surface area contributed by atoms with E-state index in [0.29, 0.717) is 24.4 Å². The van der Waals surface area contributed by atoms with Gasteiger partial charge in [-0.25, -0.2) is 0 Å². The van der Waals surface area contributed by atoms with E-state index in [-0.39, 0.29) is 12.0 Å². The normalized spacial score (nSPS) is 10.6. The van der Waals surface area contributed by atoms with E-state index in [2.05, 4.69) is 0 Å². The van der Waals surface area contributed by atoms with Crippen LogP contribution in [-0.4, -0.2) is 16.9 Å². The highest BCUT2D eigenvalue weighted by Crippen LogP contribution is 2.23. The Kier molecular flexibility index (Phi) is 6.26. The van der Waals surface area contributed by atoms with E-state index >= 15 is 0 Å². The molecule has 0 spiro atoms. The molecule has 3 rings (SSSR count). The Morgan fingerprint density at radius 1 is 0.778 bits per heavy atom. The molecule has 0 bridgehead atoms. The minimum atomic E-state index is -0.0287. The molecule has 3 aromatic carbocycles. The molecule has 138 valence electrons. The van der Waals surface area contributed by atoms with Crippen molar-refractivity contribution in [3.8, 4) is 5.75 Å². The second kappa shape index (κ2) is 9.04. The van der Waals surface area contributed by atoms with E-state index in [1.165, 1.54) is 0 Å². The maximum atomic E-state index is 13.4. The van der Waals surface area contributed by atoms with Gasteiger partial charge >= 0.3 is 0 Å². The molecule has 1 amide bonds. The van der Waals surface area contributed by atoms with Crippen LogP contribution in [0, 0.1) is 0 Å². The topological polar surface area (TPSA) is 29.5 Å². The number of benzene rings is 3. The van der Waals surface area contributed by atoms with Crippen molar-refractivity contribution in [1.29, 1.82) is 0 Å². The van der Waals surface area contributed by atoms with Crippen LogP contribution in [0.15, 0.2) is 84.9 Å². The van der Waals surface area contributed by atoms with Gasteiger partial charge in [0.1, 0.15) is 5.75 Å². The lowest BCUT2D eigenvalue weighted by atomic mass is 10.1. The number of amides is 1. The summed E-state index contributed by atoms with van der Waals surface area (Å²) in [7, 11) is 0. The van der Waals surface area contributed by atoms with Crippen LogP contribution in [0.25, 0.3) is 0 Å². The number of rotatable bonds is 7. The number of carbonyl (C=O) groups excluding carboxylic acids is 1. The summed E-state index contributed by atoms with van der Waals surface area (Å²) in [6, 6.07) is 27.6. The summed E-state index contributed by atoms with van der Waals surface area (Å²) in [6.45, 7) is 5.02. The van der Waals surface area contributed by atoms with E-state index < -0.39 is 0 Å². The highest BCUT2D eigenvalue weighted by Gasteiger charge is 2.20. The fraction of sp³-hybridized carbons (Fsp3) is 0.208. The van der Waals surface area contributed by atoms with Gasteiger partial charge in [0.25, 0.3) is 5.91 Å². The molecule has 0 atom stereocenters. The molecule has 0 aliphatic carbocycles. The largest absolute Gasteiger partial charge is 0.490 e. The summed E-state index contributed by atoms with van der Waals surface area (Å²) in [4.78, 5) is 15.3. The Bertz CT molecular complexity index is 818. The molecule has 3 nitrogen and oxygen atoms in total. The first-order valence-corrected chi connectivity index (χ1v) is 9.26. The second-order valence-corrected chi connectivity index (χ2v) is 6.80. The van der Waals surface area contributed by atoms with Crippen molar-refractivity contribution in [2.45, 2.75) is 33.0 Å². The van der Waals surface area contributed by atoms with Gasteiger partial charge in [-0.05, 0) is 37.1 Å². The van der Waals surface area contributed by atoms with Crippen LogP contribution in [0.3, 0.4) is 0 Å². The van der Waals surface area contributed by atoms with Crippen molar-refractivity contribution >= 4 is 5.91 Å². The number of ether oxygens (including phenoxy) is 1. The third-order valence-corrected chi connectivity index (χ3v) is 4.20. The van der Waals surface area contributed by atoms with Crippen molar-refractivity contribution < 1.29 is 9.53 Å². The van der Waals surface area contributed by atoms with Crippen LogP contribution in [0.2, 0.25) is 0 Å². The predicted molar refractivity (Wildman–Crippen MR) is 109 cm³/mol. The molecule has 0 aromatic heterocycles. The smallest absolute Gasteiger partial charge is 0.258 e. The highest BCUT2D eigenvalue weighted by molar-refractivity contribution is 5.96. The average molecular weight is 359 g/mol. The van der Waals surface area contributed by atoms with Gasteiger partial charge in [0, 0.05) is 13.1 Å². The van der Waals surface area contributed by atoms with Crippen LogP contribution in [0.4, 0.5) is 0 Å². The van der Waals surface area contributed by atoms with Gasteiger partial charge in [-0.3, -0.25) is 4.79 Å². The third kappa shape index (κ3) is 5.20. The first-order chi connectivity index (χ1) is 13.1. The molecule has 3 heteroatoms. The fourth-order valence-electron chi connectivity index (χ4n) is 2.98. The molecule has 0 aliphatic rings. The number of para-hydroxylation sites is 1. The van der Waals surface area contributed by atoms with Gasteiger partial charge in [-0.2, -0.15) is 0 Å². The molecule has 27 heavy (non-hydrogen) atoms. The molecular weight excluding hydrogens is 334 g/mol. The Morgan fingerprint density at radius 3 is 1.78 bits per heavy atom. The van der Waals surface area contributed by atoms with Gasteiger partial charge in [-0.1, -0.05) is 72.8 Å². The monoisotopic (exact) mass is 359 g/mol. The van der Waals surface area contributed by atoms with Crippen LogP contribution < -0.4 is 4.74 Å². The Labute approximate surface area is 161 Å². The van der Waals surface area contributed by atoms with Crippen molar-refractivity contribution in [3.05, 3.63) is 102 Å². The first kappa shape index (κ1) is 18.7. The summed E-state index contributed by atoms with van der Waals surface area (Å²) < 4.78 is 5.87. The predicted octanol–water partition coefficient (Wildman–Crippen LogP) is 5.32. The minimum absolute atomic E-state index is 0.00986. The zero-order valence-electron chi connectivity index (χ0n) is 15.8. The molecule has 0 heterocycles. The van der Waals surface area contributed by atoms with E-state index in [1.807, 2.05) is 104 Å². The summed E-state index contributed by atoms with van der Waals surface area (Å²) in [6.07, 6.45) is 0.00986. The standard InChI is InChI=1S/C24H25NO2/c1-19(2)27-23-16-10-9-15-22(23)24(26)25(17-20-11-5-3-6-12-20)18-21-13-7-4-8-14-21/h3-16,19H,17-18H2,1-2H3. The van der Waals surface area contributed by atoms with Gasteiger partial charge in [-0.15, -0.1) is 0 Å². The highest BCUT2D eigenvalue weighted by atomic mass is 16.5. The Balaban J connectivity index is 1.91. The van der Waals surface area contributed by atoms with Crippen LogP contribution >= 0.6 is 0 Å². The molecule has 0 radical (unpaired) electrons. The number of carbonyl (C=O) groups is 1. The first-order valence-electron chi connectivity index (χ1n) is 9.26.